The van der Waals surface area contributed by atoms with Gasteiger partial charge >= 0.3 is 0 Å². The van der Waals surface area contributed by atoms with Gasteiger partial charge in [0.15, 0.2) is 6.61 Å². The molecule has 0 radical (unpaired) electrons. The summed E-state index contributed by atoms with van der Waals surface area (Å²) in [5.41, 5.74) is 0.628. The molecule has 0 aliphatic rings. The van der Waals surface area contributed by atoms with Crippen LogP contribution in [0.5, 0.6) is 5.75 Å². The second kappa shape index (κ2) is 10.7. The van der Waals surface area contributed by atoms with E-state index < -0.39 is 0 Å². The summed E-state index contributed by atoms with van der Waals surface area (Å²) in [5.74, 6) is 0.536. The molecule has 21 heavy (non-hydrogen) atoms. The fraction of sp³-hybridized carbons (Fsp3) is 0.529. The maximum Gasteiger partial charge on any atom is 0.224 e. The number of para-hydroxylation sites is 2. The van der Waals surface area contributed by atoms with Crippen molar-refractivity contribution in [2.45, 2.75) is 51.9 Å². The van der Waals surface area contributed by atoms with Crippen molar-refractivity contribution in [2.24, 2.45) is 0 Å². The lowest BCUT2D eigenvalue weighted by atomic mass is 10.1. The Balaban J connectivity index is 2.32. The first-order valence-corrected chi connectivity index (χ1v) is 7.66. The van der Waals surface area contributed by atoms with Gasteiger partial charge in [0.2, 0.25) is 5.91 Å². The average Bonchev–Trinajstić information content (AvgIpc) is 2.50. The fourth-order valence-electron chi connectivity index (χ4n) is 2.08. The van der Waals surface area contributed by atoms with E-state index in [1.807, 2.05) is 18.2 Å². The van der Waals surface area contributed by atoms with Crippen molar-refractivity contribution < 1.29 is 9.53 Å². The Morgan fingerprint density at radius 1 is 1.19 bits per heavy atom. The van der Waals surface area contributed by atoms with Gasteiger partial charge in [0.1, 0.15) is 11.8 Å². The van der Waals surface area contributed by atoms with Crippen LogP contribution in [0.1, 0.15) is 51.9 Å². The van der Waals surface area contributed by atoms with Gasteiger partial charge in [-0.3, -0.25) is 4.79 Å². The van der Waals surface area contributed by atoms with E-state index in [4.69, 9.17) is 10.00 Å². The molecule has 0 bridgehead atoms. The van der Waals surface area contributed by atoms with Gasteiger partial charge in [0.05, 0.1) is 5.69 Å². The Labute approximate surface area is 127 Å². The number of benzene rings is 1. The zero-order chi connectivity index (χ0) is 15.3. The molecule has 0 saturated carbocycles. The van der Waals surface area contributed by atoms with E-state index in [1.54, 1.807) is 12.1 Å². The summed E-state index contributed by atoms with van der Waals surface area (Å²) in [5, 5.41) is 11.4. The van der Waals surface area contributed by atoms with E-state index in [-0.39, 0.29) is 12.5 Å². The molecular weight excluding hydrogens is 264 g/mol. The van der Waals surface area contributed by atoms with E-state index >= 15 is 0 Å². The number of unbranched alkanes of at least 4 members (excludes halogenated alkanes) is 5. The number of nitrogens with zero attached hydrogens (tertiary/aromatic N) is 1. The number of amides is 1. The highest BCUT2D eigenvalue weighted by Gasteiger charge is 2.07. The van der Waals surface area contributed by atoms with E-state index in [0.717, 1.165) is 12.8 Å². The number of nitrogens with one attached hydrogen (secondary N) is 1. The zero-order valence-corrected chi connectivity index (χ0v) is 12.7. The lowest BCUT2D eigenvalue weighted by molar-refractivity contribution is -0.116. The SMILES string of the molecule is CCCCCCCCC(=O)Nc1ccccc1OCC#N. The molecule has 4 nitrogen and oxygen atoms in total. The number of hydrogen-bond acceptors (Lipinski definition) is 3. The topological polar surface area (TPSA) is 62.1 Å². The minimum atomic E-state index is -0.0235. The van der Waals surface area contributed by atoms with Crippen molar-refractivity contribution in [1.29, 1.82) is 5.26 Å². The lowest BCUT2D eigenvalue weighted by Gasteiger charge is -2.10. The van der Waals surface area contributed by atoms with Crippen molar-refractivity contribution in [3.05, 3.63) is 24.3 Å². The summed E-state index contributed by atoms with van der Waals surface area (Å²) >= 11 is 0. The molecule has 114 valence electrons. The Kier molecular flexibility index (Phi) is 8.70. The summed E-state index contributed by atoms with van der Waals surface area (Å²) in [7, 11) is 0. The number of nitriles is 1. The molecule has 0 heterocycles. The summed E-state index contributed by atoms with van der Waals surface area (Å²) in [6, 6.07) is 9.10. The highest BCUT2D eigenvalue weighted by Crippen LogP contribution is 2.23. The molecular formula is C17H24N2O2. The average molecular weight is 288 g/mol. The monoisotopic (exact) mass is 288 g/mol. The number of carbonyl (C=O) groups excluding carboxylic acids is 1. The largest absolute Gasteiger partial charge is 0.477 e. The minimum absolute atomic E-state index is 0.00139. The van der Waals surface area contributed by atoms with Crippen LogP contribution in [-0.2, 0) is 4.79 Å². The first-order valence-electron chi connectivity index (χ1n) is 7.66. The van der Waals surface area contributed by atoms with Crippen LogP contribution in [0.2, 0.25) is 0 Å². The van der Waals surface area contributed by atoms with Crippen LogP contribution in [0.15, 0.2) is 24.3 Å². The number of carbonyl (C=O) groups is 1. The third-order valence-corrected chi connectivity index (χ3v) is 3.21. The van der Waals surface area contributed by atoms with Crippen molar-refractivity contribution in [3.8, 4) is 11.8 Å². The first-order chi connectivity index (χ1) is 10.3. The van der Waals surface area contributed by atoms with Gasteiger partial charge in [0, 0.05) is 6.42 Å². The van der Waals surface area contributed by atoms with Crippen LogP contribution in [0.3, 0.4) is 0 Å². The standard InChI is InChI=1S/C17H24N2O2/c1-2-3-4-5-6-7-12-17(20)19-15-10-8-9-11-16(15)21-14-13-18/h8-11H,2-7,12,14H2,1H3,(H,19,20). The van der Waals surface area contributed by atoms with Gasteiger partial charge < -0.3 is 10.1 Å². The second-order valence-corrected chi connectivity index (χ2v) is 5.01. The minimum Gasteiger partial charge on any atom is -0.477 e. The molecule has 0 aliphatic heterocycles. The van der Waals surface area contributed by atoms with Gasteiger partial charge in [-0.15, -0.1) is 0 Å². The fourth-order valence-corrected chi connectivity index (χ4v) is 2.08. The van der Waals surface area contributed by atoms with Gasteiger partial charge in [-0.2, -0.15) is 5.26 Å². The van der Waals surface area contributed by atoms with E-state index in [2.05, 4.69) is 12.2 Å². The van der Waals surface area contributed by atoms with Gasteiger partial charge in [-0.05, 0) is 18.6 Å². The molecule has 0 spiro atoms. The molecule has 1 aromatic carbocycles. The van der Waals surface area contributed by atoms with Crippen molar-refractivity contribution >= 4 is 11.6 Å². The third-order valence-electron chi connectivity index (χ3n) is 3.21. The summed E-state index contributed by atoms with van der Waals surface area (Å²) in [6.45, 7) is 2.17. The molecule has 1 N–H and O–H groups in total. The molecule has 4 heteroatoms. The number of rotatable bonds is 10. The summed E-state index contributed by atoms with van der Waals surface area (Å²) in [4.78, 5) is 11.9. The predicted octanol–water partition coefficient (Wildman–Crippen LogP) is 4.28. The van der Waals surface area contributed by atoms with Gasteiger partial charge in [-0.25, -0.2) is 0 Å². The van der Waals surface area contributed by atoms with Crippen LogP contribution < -0.4 is 10.1 Å². The predicted molar refractivity (Wildman–Crippen MR) is 84.2 cm³/mol. The van der Waals surface area contributed by atoms with Crippen molar-refractivity contribution in [1.82, 2.24) is 0 Å². The van der Waals surface area contributed by atoms with E-state index in [1.165, 1.54) is 25.7 Å². The Morgan fingerprint density at radius 2 is 1.90 bits per heavy atom. The first kappa shape index (κ1) is 17.0. The Bertz CT molecular complexity index is 466. The van der Waals surface area contributed by atoms with Crippen LogP contribution in [0, 0.1) is 11.3 Å². The molecule has 0 saturated heterocycles. The zero-order valence-electron chi connectivity index (χ0n) is 12.7. The normalized spacial score (nSPS) is 9.90. The smallest absolute Gasteiger partial charge is 0.224 e. The number of ether oxygens (including phenoxy) is 1. The molecule has 0 aromatic heterocycles. The van der Waals surface area contributed by atoms with Crippen LogP contribution in [-0.4, -0.2) is 12.5 Å². The molecule has 1 aromatic rings. The van der Waals surface area contributed by atoms with Crippen molar-refractivity contribution in [2.75, 3.05) is 11.9 Å². The van der Waals surface area contributed by atoms with Crippen LogP contribution >= 0.6 is 0 Å². The molecule has 0 fully saturated rings. The quantitative estimate of drug-likeness (QED) is 0.654. The lowest BCUT2D eigenvalue weighted by Crippen LogP contribution is -2.12. The second-order valence-electron chi connectivity index (χ2n) is 5.01. The molecule has 0 unspecified atom stereocenters. The maximum atomic E-state index is 11.9. The summed E-state index contributed by atoms with van der Waals surface area (Å²) in [6.07, 6.45) is 7.50. The molecule has 0 aliphatic carbocycles. The summed E-state index contributed by atoms with van der Waals surface area (Å²) < 4.78 is 5.28. The van der Waals surface area contributed by atoms with Crippen molar-refractivity contribution in [3.63, 3.8) is 0 Å². The third kappa shape index (κ3) is 7.36. The van der Waals surface area contributed by atoms with Crippen LogP contribution in [0.25, 0.3) is 0 Å². The highest BCUT2D eigenvalue weighted by molar-refractivity contribution is 5.92. The Hall–Kier alpha value is -2.02. The van der Waals surface area contributed by atoms with Gasteiger partial charge in [0.25, 0.3) is 0 Å². The van der Waals surface area contributed by atoms with Gasteiger partial charge in [-0.1, -0.05) is 51.2 Å². The highest BCUT2D eigenvalue weighted by atomic mass is 16.5. The molecule has 1 rings (SSSR count). The van der Waals surface area contributed by atoms with E-state index in [0.29, 0.717) is 17.9 Å². The molecule has 0 atom stereocenters. The molecule has 1 amide bonds. The Morgan fingerprint density at radius 3 is 2.67 bits per heavy atom. The van der Waals surface area contributed by atoms with E-state index in [9.17, 15) is 4.79 Å². The maximum absolute atomic E-state index is 11.9. The number of anilines is 1. The van der Waals surface area contributed by atoms with Crippen LogP contribution in [0.4, 0.5) is 5.69 Å². The number of hydrogen-bond donors (Lipinski definition) is 1.